The molecule has 62 valence electrons. The van der Waals surface area contributed by atoms with E-state index in [1.807, 2.05) is 23.7 Å². The number of rotatable bonds is 0. The molecule has 1 aromatic carbocycles. The summed E-state index contributed by atoms with van der Waals surface area (Å²) >= 11 is 0. The highest BCUT2D eigenvalue weighted by Crippen LogP contribution is 2.21. The van der Waals surface area contributed by atoms with Gasteiger partial charge in [0.05, 0.1) is 17.5 Å². The third-order valence-electron chi connectivity index (χ3n) is 2.10. The largest absolute Gasteiger partial charge is 0.397 e. The molecule has 0 spiro atoms. The van der Waals surface area contributed by atoms with Crippen LogP contribution in [0, 0.1) is 6.92 Å². The van der Waals surface area contributed by atoms with Gasteiger partial charge in [-0.2, -0.15) is 0 Å². The van der Waals surface area contributed by atoms with Gasteiger partial charge < -0.3 is 10.3 Å². The van der Waals surface area contributed by atoms with Gasteiger partial charge in [0, 0.05) is 7.05 Å². The summed E-state index contributed by atoms with van der Waals surface area (Å²) in [5, 5.41) is 0. The number of anilines is 1. The maximum atomic E-state index is 5.76. The van der Waals surface area contributed by atoms with Crippen LogP contribution in [0.25, 0.3) is 11.0 Å². The summed E-state index contributed by atoms with van der Waals surface area (Å²) in [7, 11) is 1.97. The van der Waals surface area contributed by atoms with Crippen LogP contribution in [0.15, 0.2) is 18.5 Å². The fourth-order valence-corrected chi connectivity index (χ4v) is 1.48. The minimum Gasteiger partial charge on any atom is -0.397 e. The Kier molecular flexibility index (Phi) is 1.33. The molecule has 0 fully saturated rings. The summed E-state index contributed by atoms with van der Waals surface area (Å²) in [6, 6.07) is 3.91. The lowest BCUT2D eigenvalue weighted by molar-refractivity contribution is 0.944. The van der Waals surface area contributed by atoms with E-state index in [4.69, 9.17) is 5.73 Å². The lowest BCUT2D eigenvalue weighted by atomic mass is 10.2. The SMILES string of the molecule is Cc1ccc(N)c2ncn(C)c12. The minimum absolute atomic E-state index is 0.746. The highest BCUT2D eigenvalue weighted by Gasteiger charge is 2.04. The van der Waals surface area contributed by atoms with E-state index in [1.165, 1.54) is 5.56 Å². The predicted octanol–water partition coefficient (Wildman–Crippen LogP) is 1.46. The zero-order valence-corrected chi connectivity index (χ0v) is 7.20. The summed E-state index contributed by atoms with van der Waals surface area (Å²) in [5.74, 6) is 0. The molecule has 2 N–H and O–H groups in total. The third kappa shape index (κ3) is 0.794. The smallest absolute Gasteiger partial charge is 0.112 e. The van der Waals surface area contributed by atoms with Crippen molar-refractivity contribution in [3.63, 3.8) is 0 Å². The molecule has 0 unspecified atom stereocenters. The lowest BCUT2D eigenvalue weighted by Crippen LogP contribution is -1.91. The molecule has 0 atom stereocenters. The number of aromatic nitrogens is 2. The van der Waals surface area contributed by atoms with Gasteiger partial charge in [0.25, 0.3) is 0 Å². The molecule has 1 heterocycles. The topological polar surface area (TPSA) is 43.8 Å². The Morgan fingerprint density at radius 1 is 1.42 bits per heavy atom. The number of nitrogens with zero attached hydrogens (tertiary/aromatic N) is 2. The minimum atomic E-state index is 0.746. The van der Waals surface area contributed by atoms with Gasteiger partial charge in [-0.25, -0.2) is 4.98 Å². The predicted molar refractivity (Wildman–Crippen MR) is 49.9 cm³/mol. The van der Waals surface area contributed by atoms with Gasteiger partial charge >= 0.3 is 0 Å². The molecule has 3 heteroatoms. The van der Waals surface area contributed by atoms with Gasteiger partial charge in [0.1, 0.15) is 5.52 Å². The zero-order chi connectivity index (χ0) is 8.72. The van der Waals surface area contributed by atoms with Crippen molar-refractivity contribution in [1.82, 2.24) is 9.55 Å². The molecule has 2 aromatic rings. The molecule has 0 aliphatic carbocycles. The van der Waals surface area contributed by atoms with Crippen molar-refractivity contribution in [2.24, 2.45) is 7.05 Å². The first kappa shape index (κ1) is 7.16. The van der Waals surface area contributed by atoms with Crippen molar-refractivity contribution in [3.8, 4) is 0 Å². The van der Waals surface area contributed by atoms with E-state index in [0.717, 1.165) is 16.7 Å². The van der Waals surface area contributed by atoms with E-state index >= 15 is 0 Å². The zero-order valence-electron chi connectivity index (χ0n) is 7.20. The summed E-state index contributed by atoms with van der Waals surface area (Å²) in [6.45, 7) is 2.06. The van der Waals surface area contributed by atoms with E-state index in [2.05, 4.69) is 11.9 Å². The first-order valence-electron chi connectivity index (χ1n) is 3.86. The van der Waals surface area contributed by atoms with Crippen LogP contribution in [-0.2, 0) is 7.05 Å². The van der Waals surface area contributed by atoms with Gasteiger partial charge in [-0.1, -0.05) is 6.07 Å². The van der Waals surface area contributed by atoms with E-state index in [1.54, 1.807) is 6.33 Å². The molecular weight excluding hydrogens is 150 g/mol. The summed E-state index contributed by atoms with van der Waals surface area (Å²) in [4.78, 5) is 4.22. The van der Waals surface area contributed by atoms with Crippen LogP contribution in [0.3, 0.4) is 0 Å². The Labute approximate surface area is 70.8 Å². The van der Waals surface area contributed by atoms with Crippen molar-refractivity contribution in [1.29, 1.82) is 0 Å². The normalized spacial score (nSPS) is 10.8. The first-order valence-corrected chi connectivity index (χ1v) is 3.86. The van der Waals surface area contributed by atoms with Gasteiger partial charge in [0.2, 0.25) is 0 Å². The molecule has 0 saturated carbocycles. The lowest BCUT2D eigenvalue weighted by Gasteiger charge is -2.00. The number of hydrogen-bond acceptors (Lipinski definition) is 2. The van der Waals surface area contributed by atoms with Crippen LogP contribution in [-0.4, -0.2) is 9.55 Å². The molecule has 2 rings (SSSR count). The number of imidazole rings is 1. The second-order valence-corrected chi connectivity index (χ2v) is 3.02. The van der Waals surface area contributed by atoms with Crippen LogP contribution in [0.4, 0.5) is 5.69 Å². The Bertz CT molecular complexity index is 429. The molecule has 1 aromatic heterocycles. The molecular formula is C9H11N3. The van der Waals surface area contributed by atoms with Crippen LogP contribution < -0.4 is 5.73 Å². The highest BCUT2D eigenvalue weighted by molar-refractivity contribution is 5.89. The molecule has 0 radical (unpaired) electrons. The molecule has 3 nitrogen and oxygen atoms in total. The van der Waals surface area contributed by atoms with Crippen molar-refractivity contribution >= 4 is 16.7 Å². The summed E-state index contributed by atoms with van der Waals surface area (Å²) in [6.07, 6.45) is 1.79. The fourth-order valence-electron chi connectivity index (χ4n) is 1.48. The second kappa shape index (κ2) is 2.24. The first-order chi connectivity index (χ1) is 5.70. The number of hydrogen-bond donors (Lipinski definition) is 1. The van der Waals surface area contributed by atoms with Crippen molar-refractivity contribution in [2.45, 2.75) is 6.92 Å². The Morgan fingerprint density at radius 2 is 2.17 bits per heavy atom. The molecule has 0 amide bonds. The number of benzene rings is 1. The summed E-state index contributed by atoms with van der Waals surface area (Å²) < 4.78 is 1.99. The Morgan fingerprint density at radius 3 is 2.83 bits per heavy atom. The number of nitrogens with two attached hydrogens (primary N) is 1. The van der Waals surface area contributed by atoms with Gasteiger partial charge in [-0.05, 0) is 18.6 Å². The Balaban J connectivity index is 2.98. The molecule has 12 heavy (non-hydrogen) atoms. The summed E-state index contributed by atoms with van der Waals surface area (Å²) in [5.41, 5.74) is 9.74. The number of aryl methyl sites for hydroxylation is 2. The molecule has 0 aliphatic heterocycles. The molecule has 0 aliphatic rings. The average molecular weight is 161 g/mol. The number of nitrogen functional groups attached to an aromatic ring is 1. The third-order valence-corrected chi connectivity index (χ3v) is 2.10. The van der Waals surface area contributed by atoms with E-state index in [0.29, 0.717) is 0 Å². The van der Waals surface area contributed by atoms with Crippen LogP contribution in [0.2, 0.25) is 0 Å². The van der Waals surface area contributed by atoms with Crippen LogP contribution in [0.5, 0.6) is 0 Å². The van der Waals surface area contributed by atoms with Crippen molar-refractivity contribution in [3.05, 3.63) is 24.0 Å². The van der Waals surface area contributed by atoms with Crippen LogP contribution >= 0.6 is 0 Å². The van der Waals surface area contributed by atoms with E-state index in [-0.39, 0.29) is 0 Å². The monoisotopic (exact) mass is 161 g/mol. The van der Waals surface area contributed by atoms with Crippen molar-refractivity contribution in [2.75, 3.05) is 5.73 Å². The molecule has 0 saturated heterocycles. The van der Waals surface area contributed by atoms with Gasteiger partial charge in [0.15, 0.2) is 0 Å². The Hall–Kier alpha value is -1.51. The fraction of sp³-hybridized carbons (Fsp3) is 0.222. The standard InChI is InChI=1S/C9H11N3/c1-6-3-4-7(10)8-9(6)12(2)5-11-8/h3-5H,10H2,1-2H3. The van der Waals surface area contributed by atoms with E-state index < -0.39 is 0 Å². The second-order valence-electron chi connectivity index (χ2n) is 3.02. The van der Waals surface area contributed by atoms with Crippen molar-refractivity contribution < 1.29 is 0 Å². The van der Waals surface area contributed by atoms with Gasteiger partial charge in [-0.3, -0.25) is 0 Å². The highest BCUT2D eigenvalue weighted by atomic mass is 15.0. The van der Waals surface area contributed by atoms with Crippen LogP contribution in [0.1, 0.15) is 5.56 Å². The quantitative estimate of drug-likeness (QED) is 0.594. The maximum Gasteiger partial charge on any atom is 0.112 e. The number of fused-ring (bicyclic) bond motifs is 1. The van der Waals surface area contributed by atoms with Gasteiger partial charge in [-0.15, -0.1) is 0 Å². The maximum absolute atomic E-state index is 5.76. The van der Waals surface area contributed by atoms with E-state index in [9.17, 15) is 0 Å². The average Bonchev–Trinajstić information content (AvgIpc) is 2.42. The molecule has 0 bridgehead atoms.